The van der Waals surface area contributed by atoms with E-state index in [1.54, 1.807) is 24.4 Å². The Kier molecular flexibility index (Phi) is 4.11. The third kappa shape index (κ3) is 3.27. The summed E-state index contributed by atoms with van der Waals surface area (Å²) in [5, 5.41) is 2.15. The van der Waals surface area contributed by atoms with Gasteiger partial charge in [-0.3, -0.25) is 19.9 Å². The lowest BCUT2D eigenvalue weighted by Gasteiger charge is -2.38. The lowest BCUT2D eigenvalue weighted by Crippen LogP contribution is -2.65. The van der Waals surface area contributed by atoms with Gasteiger partial charge >= 0.3 is 0 Å². The van der Waals surface area contributed by atoms with Crippen molar-refractivity contribution in [1.29, 1.82) is 0 Å². The molecule has 2 amide bonds. The van der Waals surface area contributed by atoms with Crippen LogP contribution in [-0.2, 0) is 26.0 Å². The Bertz CT molecular complexity index is 655. The number of hydrogen-bond acceptors (Lipinski definition) is 5. The third-order valence-electron chi connectivity index (χ3n) is 3.40. The number of pyridine rings is 1. The van der Waals surface area contributed by atoms with Crippen molar-refractivity contribution in [2.45, 2.75) is 25.8 Å². The Morgan fingerprint density at radius 1 is 1.33 bits per heavy atom. The first-order valence-corrected chi connectivity index (χ1v) is 8.09. The lowest BCUT2D eigenvalue weighted by molar-refractivity contribution is -0.141. The molecule has 21 heavy (non-hydrogen) atoms. The maximum Gasteiger partial charge on any atom is 0.247 e. The first-order chi connectivity index (χ1) is 9.73. The second-order valence-corrected chi connectivity index (χ2v) is 7.34. The summed E-state index contributed by atoms with van der Waals surface area (Å²) in [5.74, 6) is -1.42. The normalized spacial score (nSPS) is 19.3. The van der Waals surface area contributed by atoms with Crippen molar-refractivity contribution in [3.8, 4) is 0 Å². The Morgan fingerprint density at radius 3 is 2.67 bits per heavy atom. The highest BCUT2D eigenvalue weighted by Crippen LogP contribution is 2.22. The van der Waals surface area contributed by atoms with E-state index in [1.807, 2.05) is 0 Å². The van der Waals surface area contributed by atoms with Crippen molar-refractivity contribution in [3.05, 3.63) is 30.1 Å². The fraction of sp³-hybridized carbons (Fsp3) is 0.462. The molecule has 0 aromatic carbocycles. The van der Waals surface area contributed by atoms with Crippen molar-refractivity contribution in [1.82, 2.24) is 14.6 Å². The van der Waals surface area contributed by atoms with Gasteiger partial charge in [-0.2, -0.15) is 4.31 Å². The SMILES string of the molecule is CC1(C)C(=O)NC(=O)CN1S(=O)(=O)CCc1ccccn1. The van der Waals surface area contributed by atoms with Crippen LogP contribution in [0.25, 0.3) is 0 Å². The van der Waals surface area contributed by atoms with Gasteiger partial charge in [0, 0.05) is 18.3 Å². The van der Waals surface area contributed by atoms with Gasteiger partial charge in [0.25, 0.3) is 0 Å². The minimum absolute atomic E-state index is 0.200. The maximum atomic E-state index is 12.4. The topological polar surface area (TPSA) is 96.4 Å². The summed E-state index contributed by atoms with van der Waals surface area (Å²) in [6, 6.07) is 5.25. The van der Waals surface area contributed by atoms with Crippen LogP contribution in [0.1, 0.15) is 19.5 Å². The van der Waals surface area contributed by atoms with Gasteiger partial charge in [-0.25, -0.2) is 8.42 Å². The van der Waals surface area contributed by atoms with Crippen LogP contribution in [0.5, 0.6) is 0 Å². The van der Waals surface area contributed by atoms with Gasteiger partial charge < -0.3 is 0 Å². The zero-order valence-corrected chi connectivity index (χ0v) is 12.7. The zero-order chi connectivity index (χ0) is 15.7. The molecule has 0 atom stereocenters. The molecule has 1 aliphatic heterocycles. The standard InChI is InChI=1S/C13H17N3O4S/c1-13(2)12(18)15-11(17)9-16(13)21(19,20)8-6-10-5-3-4-7-14-10/h3-5,7H,6,8-9H2,1-2H3,(H,15,17,18). The molecule has 2 heterocycles. The molecule has 0 unspecified atom stereocenters. The number of amides is 2. The Hall–Kier alpha value is -1.80. The summed E-state index contributed by atoms with van der Waals surface area (Å²) in [6.45, 7) is 2.61. The molecule has 0 saturated carbocycles. The molecule has 1 saturated heterocycles. The summed E-state index contributed by atoms with van der Waals surface area (Å²) < 4.78 is 25.8. The van der Waals surface area contributed by atoms with Crippen molar-refractivity contribution >= 4 is 21.8 Å². The summed E-state index contributed by atoms with van der Waals surface area (Å²) in [4.78, 5) is 27.3. The number of nitrogens with zero attached hydrogens (tertiary/aromatic N) is 2. The Morgan fingerprint density at radius 2 is 2.05 bits per heavy atom. The molecule has 0 spiro atoms. The molecule has 0 bridgehead atoms. The number of carbonyl (C=O) groups is 2. The van der Waals surface area contributed by atoms with E-state index in [2.05, 4.69) is 10.3 Å². The first kappa shape index (κ1) is 15.6. The minimum Gasteiger partial charge on any atom is -0.294 e. The fourth-order valence-electron chi connectivity index (χ4n) is 2.10. The number of sulfonamides is 1. The van der Waals surface area contributed by atoms with Gasteiger partial charge in [-0.1, -0.05) is 6.07 Å². The van der Waals surface area contributed by atoms with Crippen molar-refractivity contribution in [2.75, 3.05) is 12.3 Å². The Balaban J connectivity index is 2.18. The lowest BCUT2D eigenvalue weighted by atomic mass is 10.0. The number of nitrogens with one attached hydrogen (secondary N) is 1. The number of piperazine rings is 1. The van der Waals surface area contributed by atoms with Gasteiger partial charge in [-0.05, 0) is 26.0 Å². The monoisotopic (exact) mass is 311 g/mol. The number of imide groups is 1. The summed E-state index contributed by atoms with van der Waals surface area (Å²) >= 11 is 0. The van der Waals surface area contributed by atoms with Gasteiger partial charge in [-0.15, -0.1) is 0 Å². The second kappa shape index (κ2) is 5.53. The number of aromatic nitrogens is 1. The summed E-state index contributed by atoms with van der Waals surface area (Å²) in [7, 11) is -3.74. The van der Waals surface area contributed by atoms with Gasteiger partial charge in [0.05, 0.1) is 12.3 Å². The van der Waals surface area contributed by atoms with Crippen LogP contribution in [0.4, 0.5) is 0 Å². The molecule has 1 fully saturated rings. The minimum atomic E-state index is -3.74. The summed E-state index contributed by atoms with van der Waals surface area (Å²) in [6.07, 6.45) is 1.81. The van der Waals surface area contributed by atoms with Crippen LogP contribution in [-0.4, -0.2) is 47.4 Å². The fourth-order valence-corrected chi connectivity index (χ4v) is 3.88. The van der Waals surface area contributed by atoms with Crippen LogP contribution in [0, 0.1) is 0 Å². The maximum absolute atomic E-state index is 12.4. The smallest absolute Gasteiger partial charge is 0.247 e. The third-order valence-corrected chi connectivity index (χ3v) is 5.37. The summed E-state index contributed by atoms with van der Waals surface area (Å²) in [5.41, 5.74) is -0.636. The van der Waals surface area contributed by atoms with Gasteiger partial charge in [0.2, 0.25) is 21.8 Å². The molecule has 2 rings (SSSR count). The second-order valence-electron chi connectivity index (χ2n) is 5.33. The van der Waals surface area contributed by atoms with E-state index in [0.29, 0.717) is 5.69 Å². The van der Waals surface area contributed by atoms with Crippen molar-refractivity contribution < 1.29 is 18.0 Å². The molecular weight excluding hydrogens is 294 g/mol. The van der Waals surface area contributed by atoms with E-state index in [9.17, 15) is 18.0 Å². The average Bonchev–Trinajstić information content (AvgIpc) is 2.42. The molecule has 1 N–H and O–H groups in total. The molecule has 1 aromatic heterocycles. The van der Waals surface area contributed by atoms with E-state index in [4.69, 9.17) is 0 Å². The molecule has 0 aliphatic carbocycles. The highest BCUT2D eigenvalue weighted by molar-refractivity contribution is 7.89. The molecule has 7 nitrogen and oxygen atoms in total. The van der Waals surface area contributed by atoms with Crippen LogP contribution < -0.4 is 5.32 Å². The van der Waals surface area contributed by atoms with E-state index < -0.39 is 27.4 Å². The number of carbonyl (C=O) groups excluding carboxylic acids is 2. The first-order valence-electron chi connectivity index (χ1n) is 6.48. The molecule has 1 aromatic rings. The average molecular weight is 311 g/mol. The Labute approximate surface area is 123 Å². The van der Waals surface area contributed by atoms with Crippen LogP contribution >= 0.6 is 0 Å². The van der Waals surface area contributed by atoms with E-state index >= 15 is 0 Å². The molecule has 8 heteroatoms. The number of rotatable bonds is 4. The predicted molar refractivity (Wildman–Crippen MR) is 75.7 cm³/mol. The van der Waals surface area contributed by atoms with E-state index in [1.165, 1.54) is 13.8 Å². The van der Waals surface area contributed by atoms with E-state index in [0.717, 1.165) is 4.31 Å². The van der Waals surface area contributed by atoms with Crippen molar-refractivity contribution in [2.24, 2.45) is 0 Å². The number of hydrogen-bond donors (Lipinski definition) is 1. The van der Waals surface area contributed by atoms with Gasteiger partial charge in [0.15, 0.2) is 0 Å². The van der Waals surface area contributed by atoms with Crippen molar-refractivity contribution in [3.63, 3.8) is 0 Å². The molecule has 114 valence electrons. The quantitative estimate of drug-likeness (QED) is 0.770. The van der Waals surface area contributed by atoms with Gasteiger partial charge in [0.1, 0.15) is 5.54 Å². The largest absolute Gasteiger partial charge is 0.294 e. The van der Waals surface area contributed by atoms with E-state index in [-0.39, 0.29) is 18.7 Å². The predicted octanol–water partition coefficient (Wildman–Crippen LogP) is -0.309. The highest BCUT2D eigenvalue weighted by atomic mass is 32.2. The highest BCUT2D eigenvalue weighted by Gasteiger charge is 2.46. The molecule has 1 aliphatic rings. The van der Waals surface area contributed by atoms with Crippen LogP contribution in [0.3, 0.4) is 0 Å². The van der Waals surface area contributed by atoms with Crippen LogP contribution in [0.15, 0.2) is 24.4 Å². The number of aryl methyl sites for hydroxylation is 1. The van der Waals surface area contributed by atoms with Crippen LogP contribution in [0.2, 0.25) is 0 Å². The molecule has 0 radical (unpaired) electrons. The zero-order valence-electron chi connectivity index (χ0n) is 11.9. The molecular formula is C13H17N3O4S.